The molecule has 0 bridgehead atoms. The third-order valence-electron chi connectivity index (χ3n) is 3.89. The SMILES string of the molecule is COc1ccc(-c2cncc(N[C@@H](CO)c3ccccc3)c2)cc1. The Morgan fingerprint density at radius 3 is 2.42 bits per heavy atom. The number of pyridine rings is 1. The number of hydrogen-bond donors (Lipinski definition) is 2. The molecular weight excluding hydrogens is 300 g/mol. The predicted molar refractivity (Wildman–Crippen MR) is 96.1 cm³/mol. The average Bonchev–Trinajstić information content (AvgIpc) is 2.67. The molecule has 4 nitrogen and oxygen atoms in total. The molecule has 0 aliphatic heterocycles. The number of nitrogens with one attached hydrogen (secondary N) is 1. The van der Waals surface area contributed by atoms with Crippen molar-refractivity contribution < 1.29 is 9.84 Å². The zero-order valence-corrected chi connectivity index (χ0v) is 13.5. The van der Waals surface area contributed by atoms with Crippen LogP contribution in [0, 0.1) is 0 Å². The molecule has 1 heterocycles. The van der Waals surface area contributed by atoms with Gasteiger partial charge in [-0.25, -0.2) is 0 Å². The van der Waals surface area contributed by atoms with Crippen molar-refractivity contribution in [3.63, 3.8) is 0 Å². The van der Waals surface area contributed by atoms with E-state index in [1.807, 2.05) is 66.9 Å². The van der Waals surface area contributed by atoms with Crippen LogP contribution in [-0.4, -0.2) is 23.8 Å². The van der Waals surface area contributed by atoms with E-state index in [4.69, 9.17) is 4.74 Å². The molecule has 3 aromatic rings. The summed E-state index contributed by atoms with van der Waals surface area (Å²) >= 11 is 0. The quantitative estimate of drug-likeness (QED) is 0.723. The van der Waals surface area contributed by atoms with E-state index in [0.29, 0.717) is 0 Å². The first kappa shape index (κ1) is 16.0. The number of ether oxygens (including phenoxy) is 1. The number of aliphatic hydroxyl groups excluding tert-OH is 1. The number of anilines is 1. The first-order valence-corrected chi connectivity index (χ1v) is 7.82. The molecule has 0 fully saturated rings. The third-order valence-corrected chi connectivity index (χ3v) is 3.89. The van der Waals surface area contributed by atoms with E-state index in [1.165, 1.54) is 0 Å². The van der Waals surface area contributed by atoms with Crippen molar-refractivity contribution in [2.75, 3.05) is 19.0 Å². The van der Waals surface area contributed by atoms with Crippen LogP contribution >= 0.6 is 0 Å². The maximum atomic E-state index is 9.69. The van der Waals surface area contributed by atoms with Crippen LogP contribution in [0.4, 0.5) is 5.69 Å². The van der Waals surface area contributed by atoms with Crippen molar-refractivity contribution in [1.29, 1.82) is 0 Å². The van der Waals surface area contributed by atoms with Crippen molar-refractivity contribution in [1.82, 2.24) is 4.98 Å². The van der Waals surface area contributed by atoms with Crippen molar-refractivity contribution in [2.45, 2.75) is 6.04 Å². The van der Waals surface area contributed by atoms with Crippen LogP contribution in [0.15, 0.2) is 73.1 Å². The van der Waals surface area contributed by atoms with E-state index in [-0.39, 0.29) is 12.6 Å². The van der Waals surface area contributed by atoms with Crippen molar-refractivity contribution in [3.05, 3.63) is 78.6 Å². The molecule has 0 spiro atoms. The van der Waals surface area contributed by atoms with Gasteiger partial charge in [0.25, 0.3) is 0 Å². The summed E-state index contributed by atoms with van der Waals surface area (Å²) < 4.78 is 5.19. The topological polar surface area (TPSA) is 54.4 Å². The molecule has 0 aliphatic rings. The van der Waals surface area contributed by atoms with Gasteiger partial charge in [0.1, 0.15) is 5.75 Å². The number of aliphatic hydroxyl groups is 1. The van der Waals surface area contributed by atoms with Gasteiger partial charge in [-0.1, -0.05) is 42.5 Å². The van der Waals surface area contributed by atoms with E-state index in [1.54, 1.807) is 13.3 Å². The molecule has 2 aromatic carbocycles. The zero-order valence-electron chi connectivity index (χ0n) is 13.5. The van der Waals surface area contributed by atoms with Gasteiger partial charge in [0.05, 0.1) is 25.4 Å². The highest BCUT2D eigenvalue weighted by Gasteiger charge is 2.10. The van der Waals surface area contributed by atoms with Crippen molar-refractivity contribution >= 4 is 5.69 Å². The lowest BCUT2D eigenvalue weighted by Crippen LogP contribution is -2.14. The fraction of sp³-hybridized carbons (Fsp3) is 0.150. The van der Waals surface area contributed by atoms with Gasteiger partial charge in [-0.3, -0.25) is 4.98 Å². The largest absolute Gasteiger partial charge is 0.497 e. The Morgan fingerprint density at radius 2 is 1.75 bits per heavy atom. The maximum absolute atomic E-state index is 9.69. The molecule has 122 valence electrons. The normalized spacial score (nSPS) is 11.8. The molecule has 0 saturated carbocycles. The standard InChI is InChI=1S/C20H20N2O2/c1-24-19-9-7-15(8-10-19)17-11-18(13-21-12-17)22-20(14-23)16-5-3-2-4-6-16/h2-13,20,22-23H,14H2,1H3/t20-/m0/s1. The second-order valence-electron chi connectivity index (χ2n) is 5.48. The van der Waals surface area contributed by atoms with Gasteiger partial charge in [0.2, 0.25) is 0 Å². The Kier molecular flexibility index (Phi) is 5.08. The second kappa shape index (κ2) is 7.62. The highest BCUT2D eigenvalue weighted by atomic mass is 16.5. The summed E-state index contributed by atoms with van der Waals surface area (Å²) in [4.78, 5) is 4.31. The average molecular weight is 320 g/mol. The molecule has 24 heavy (non-hydrogen) atoms. The van der Waals surface area contributed by atoms with Crippen LogP contribution in [0.3, 0.4) is 0 Å². The van der Waals surface area contributed by atoms with Crippen LogP contribution in [-0.2, 0) is 0 Å². The fourth-order valence-corrected chi connectivity index (χ4v) is 2.58. The number of hydrogen-bond acceptors (Lipinski definition) is 4. The van der Waals surface area contributed by atoms with Crippen LogP contribution in [0.25, 0.3) is 11.1 Å². The van der Waals surface area contributed by atoms with Gasteiger partial charge in [-0.15, -0.1) is 0 Å². The highest BCUT2D eigenvalue weighted by molar-refractivity contribution is 5.67. The lowest BCUT2D eigenvalue weighted by Gasteiger charge is -2.18. The molecule has 0 aliphatic carbocycles. The molecule has 3 rings (SSSR count). The Morgan fingerprint density at radius 1 is 1.00 bits per heavy atom. The van der Waals surface area contributed by atoms with Crippen molar-refractivity contribution in [3.8, 4) is 16.9 Å². The second-order valence-corrected chi connectivity index (χ2v) is 5.48. The number of nitrogens with zero attached hydrogens (tertiary/aromatic N) is 1. The first-order valence-electron chi connectivity index (χ1n) is 7.82. The van der Waals surface area contributed by atoms with Crippen LogP contribution < -0.4 is 10.1 Å². The van der Waals surface area contributed by atoms with Crippen LogP contribution in [0.5, 0.6) is 5.75 Å². The Bertz CT molecular complexity index is 773. The van der Waals surface area contributed by atoms with Gasteiger partial charge < -0.3 is 15.2 Å². The Hall–Kier alpha value is -2.85. The van der Waals surface area contributed by atoms with Crippen LogP contribution in [0.2, 0.25) is 0 Å². The summed E-state index contributed by atoms with van der Waals surface area (Å²) in [5, 5.41) is 13.0. The number of methoxy groups -OCH3 is 1. The summed E-state index contributed by atoms with van der Waals surface area (Å²) in [7, 11) is 1.65. The smallest absolute Gasteiger partial charge is 0.118 e. The molecule has 0 saturated heterocycles. The van der Waals surface area contributed by atoms with Gasteiger partial charge in [-0.05, 0) is 29.3 Å². The molecule has 0 radical (unpaired) electrons. The van der Waals surface area contributed by atoms with Crippen molar-refractivity contribution in [2.24, 2.45) is 0 Å². The highest BCUT2D eigenvalue weighted by Crippen LogP contribution is 2.25. The predicted octanol–water partition coefficient (Wildman–Crippen LogP) is 3.90. The minimum absolute atomic E-state index is 0.0107. The molecule has 0 unspecified atom stereocenters. The number of aromatic nitrogens is 1. The number of rotatable bonds is 6. The lowest BCUT2D eigenvalue weighted by molar-refractivity contribution is 0.276. The minimum atomic E-state index is -0.167. The summed E-state index contributed by atoms with van der Waals surface area (Å²) in [6.45, 7) is 0.0107. The summed E-state index contributed by atoms with van der Waals surface area (Å²) in [5.74, 6) is 0.824. The van der Waals surface area contributed by atoms with E-state index in [9.17, 15) is 5.11 Å². The lowest BCUT2D eigenvalue weighted by atomic mass is 10.1. The van der Waals surface area contributed by atoms with Gasteiger partial charge >= 0.3 is 0 Å². The number of benzene rings is 2. The molecule has 1 atom stereocenters. The third kappa shape index (κ3) is 3.73. The fourth-order valence-electron chi connectivity index (χ4n) is 2.58. The van der Waals surface area contributed by atoms with E-state index >= 15 is 0 Å². The summed E-state index contributed by atoms with van der Waals surface area (Å²) in [6, 6.07) is 19.6. The van der Waals surface area contributed by atoms with Crippen LogP contribution in [0.1, 0.15) is 11.6 Å². The molecule has 4 heteroatoms. The van der Waals surface area contributed by atoms with E-state index in [2.05, 4.69) is 10.3 Å². The minimum Gasteiger partial charge on any atom is -0.497 e. The van der Waals surface area contributed by atoms with E-state index in [0.717, 1.165) is 28.1 Å². The molecule has 1 aromatic heterocycles. The Labute approximate surface area is 141 Å². The van der Waals surface area contributed by atoms with E-state index < -0.39 is 0 Å². The zero-order chi connectivity index (χ0) is 16.8. The van der Waals surface area contributed by atoms with Gasteiger partial charge in [0, 0.05) is 18.0 Å². The molecular formula is C20H20N2O2. The summed E-state index contributed by atoms with van der Waals surface area (Å²) in [6.07, 6.45) is 3.59. The Balaban J connectivity index is 1.81. The summed E-state index contributed by atoms with van der Waals surface area (Å²) in [5.41, 5.74) is 3.97. The monoisotopic (exact) mass is 320 g/mol. The first-order chi connectivity index (χ1) is 11.8. The molecule has 2 N–H and O–H groups in total. The molecule has 0 amide bonds. The maximum Gasteiger partial charge on any atom is 0.118 e. The van der Waals surface area contributed by atoms with Gasteiger partial charge in [0.15, 0.2) is 0 Å². The van der Waals surface area contributed by atoms with Gasteiger partial charge in [-0.2, -0.15) is 0 Å².